The quantitative estimate of drug-likeness (QED) is 0.854. The normalized spacial score (nSPS) is 11.1. The number of nitrogens with two attached hydrogens (primary N) is 1. The largest absolute Gasteiger partial charge is 0.326 e. The molecule has 0 spiro atoms. The lowest BCUT2D eigenvalue weighted by Crippen LogP contribution is -2.00. The molecule has 0 amide bonds. The number of hydrogen-bond donors (Lipinski definition) is 1. The van der Waals surface area contributed by atoms with E-state index in [9.17, 15) is 4.39 Å². The average molecular weight is 292 g/mol. The molecule has 0 radical (unpaired) electrons. The molecule has 1 rings (SSSR count). The summed E-state index contributed by atoms with van der Waals surface area (Å²) in [4.78, 5) is 0.688. The fourth-order valence-electron chi connectivity index (χ4n) is 1.10. The van der Waals surface area contributed by atoms with Crippen LogP contribution < -0.4 is 5.73 Å². The van der Waals surface area contributed by atoms with E-state index in [4.69, 9.17) is 5.73 Å². The molecular weight excluding hydrogens is 277 g/mol. The van der Waals surface area contributed by atoms with E-state index in [2.05, 4.69) is 29.8 Å². The minimum atomic E-state index is -0.191. The van der Waals surface area contributed by atoms with E-state index in [1.807, 2.05) is 6.07 Å². The topological polar surface area (TPSA) is 26.0 Å². The summed E-state index contributed by atoms with van der Waals surface area (Å²) >= 11 is 4.77. The van der Waals surface area contributed by atoms with Crippen molar-refractivity contribution in [1.29, 1.82) is 0 Å². The molecule has 0 unspecified atom stereocenters. The highest BCUT2D eigenvalue weighted by Crippen LogP contribution is 2.30. The van der Waals surface area contributed by atoms with Crippen LogP contribution in [-0.2, 0) is 6.54 Å². The Morgan fingerprint density at radius 2 is 2.13 bits per heavy atom. The second kappa shape index (κ2) is 5.87. The molecule has 0 fully saturated rings. The van der Waals surface area contributed by atoms with E-state index in [0.29, 0.717) is 21.8 Å². The minimum Gasteiger partial charge on any atom is -0.326 e. The summed E-state index contributed by atoms with van der Waals surface area (Å²) < 4.78 is 14.3. The minimum absolute atomic E-state index is 0.191. The van der Waals surface area contributed by atoms with Crippen molar-refractivity contribution in [3.05, 3.63) is 28.0 Å². The number of benzene rings is 1. The highest BCUT2D eigenvalue weighted by Gasteiger charge is 2.10. The van der Waals surface area contributed by atoms with Crippen LogP contribution in [0.3, 0.4) is 0 Å². The molecule has 0 bridgehead atoms. The summed E-state index contributed by atoms with van der Waals surface area (Å²) in [6.07, 6.45) is 0. The summed E-state index contributed by atoms with van der Waals surface area (Å²) in [5.74, 6) is 1.29. The van der Waals surface area contributed by atoms with Gasteiger partial charge in [-0.3, -0.25) is 0 Å². The molecule has 1 aromatic carbocycles. The first-order chi connectivity index (χ1) is 7.06. The molecule has 2 N–H and O–H groups in total. The smallest absolute Gasteiger partial charge is 0.151 e. The monoisotopic (exact) mass is 291 g/mol. The van der Waals surface area contributed by atoms with E-state index < -0.39 is 0 Å². The lowest BCUT2D eigenvalue weighted by Gasteiger charge is -2.09. The molecule has 0 aromatic heterocycles. The third kappa shape index (κ3) is 3.47. The molecule has 1 nitrogen and oxygen atoms in total. The fraction of sp³-hybridized carbons (Fsp3) is 0.455. The van der Waals surface area contributed by atoms with E-state index >= 15 is 0 Å². The Balaban J connectivity index is 2.87. The molecule has 1 aromatic rings. The molecule has 84 valence electrons. The third-order valence-corrected chi connectivity index (χ3v) is 4.24. The van der Waals surface area contributed by atoms with Crippen molar-refractivity contribution in [3.8, 4) is 0 Å². The fourth-order valence-corrected chi connectivity index (χ4v) is 2.64. The second-order valence-electron chi connectivity index (χ2n) is 3.76. The number of thioether (sulfide) groups is 1. The Labute approximate surface area is 103 Å². The first-order valence-electron chi connectivity index (χ1n) is 4.86. The Kier molecular flexibility index (Phi) is 5.09. The summed E-state index contributed by atoms with van der Waals surface area (Å²) in [5.41, 5.74) is 6.30. The summed E-state index contributed by atoms with van der Waals surface area (Å²) in [5, 5.41) is 0. The molecule has 0 aliphatic heterocycles. The number of rotatable bonds is 4. The zero-order valence-electron chi connectivity index (χ0n) is 8.89. The highest BCUT2D eigenvalue weighted by molar-refractivity contribution is 9.10. The van der Waals surface area contributed by atoms with Crippen molar-refractivity contribution in [1.82, 2.24) is 0 Å². The Bertz CT molecular complexity index is 342. The molecule has 0 saturated carbocycles. The lowest BCUT2D eigenvalue weighted by molar-refractivity contribution is 0.591. The van der Waals surface area contributed by atoms with Gasteiger partial charge in [-0.25, -0.2) is 4.39 Å². The summed E-state index contributed by atoms with van der Waals surface area (Å²) in [6, 6.07) is 3.67. The molecular formula is C11H15BrFNS. The van der Waals surface area contributed by atoms with Crippen LogP contribution in [0.2, 0.25) is 0 Å². The summed E-state index contributed by atoms with van der Waals surface area (Å²) in [6.45, 7) is 4.59. The van der Waals surface area contributed by atoms with Gasteiger partial charge in [0.25, 0.3) is 0 Å². The maximum atomic E-state index is 13.8. The van der Waals surface area contributed by atoms with Crippen LogP contribution in [0.15, 0.2) is 21.5 Å². The predicted octanol–water partition coefficient (Wildman–Crippen LogP) is 3.80. The van der Waals surface area contributed by atoms with Crippen LogP contribution >= 0.6 is 27.7 Å². The van der Waals surface area contributed by atoms with Gasteiger partial charge in [0.05, 0.1) is 4.47 Å². The lowest BCUT2D eigenvalue weighted by atomic mass is 10.2. The van der Waals surface area contributed by atoms with Gasteiger partial charge in [-0.2, -0.15) is 0 Å². The number of halogens is 2. The first-order valence-corrected chi connectivity index (χ1v) is 6.63. The third-order valence-electron chi connectivity index (χ3n) is 1.92. The standard InChI is InChI=1S/C11H15BrFNS/c1-7(2)6-15-9-4-3-8(5-14)10(12)11(9)13/h3-4,7H,5-6,14H2,1-2H3. The molecule has 0 saturated heterocycles. The average Bonchev–Trinajstić information content (AvgIpc) is 2.20. The van der Waals surface area contributed by atoms with Crippen LogP contribution in [0.5, 0.6) is 0 Å². The zero-order valence-corrected chi connectivity index (χ0v) is 11.3. The van der Waals surface area contributed by atoms with Gasteiger partial charge in [0, 0.05) is 17.2 Å². The Hall–Kier alpha value is -0.0600. The van der Waals surface area contributed by atoms with Gasteiger partial charge in [-0.1, -0.05) is 19.9 Å². The molecule has 0 aliphatic carbocycles. The van der Waals surface area contributed by atoms with Crippen molar-refractivity contribution in [2.45, 2.75) is 25.3 Å². The SMILES string of the molecule is CC(C)CSc1ccc(CN)c(Br)c1F. The number of hydrogen-bond acceptors (Lipinski definition) is 2. The Morgan fingerprint density at radius 1 is 1.47 bits per heavy atom. The van der Waals surface area contributed by atoms with Gasteiger partial charge in [0.2, 0.25) is 0 Å². The van der Waals surface area contributed by atoms with E-state index in [-0.39, 0.29) is 5.82 Å². The van der Waals surface area contributed by atoms with Gasteiger partial charge in [-0.15, -0.1) is 11.8 Å². The van der Waals surface area contributed by atoms with Crippen molar-refractivity contribution >= 4 is 27.7 Å². The van der Waals surface area contributed by atoms with Gasteiger partial charge < -0.3 is 5.73 Å². The summed E-state index contributed by atoms with van der Waals surface area (Å²) in [7, 11) is 0. The van der Waals surface area contributed by atoms with E-state index in [1.54, 1.807) is 17.8 Å². The van der Waals surface area contributed by atoms with Crippen molar-refractivity contribution in [2.24, 2.45) is 11.7 Å². The van der Waals surface area contributed by atoms with Gasteiger partial charge >= 0.3 is 0 Å². The van der Waals surface area contributed by atoms with Gasteiger partial charge in [0.1, 0.15) is 0 Å². The van der Waals surface area contributed by atoms with Crippen molar-refractivity contribution in [3.63, 3.8) is 0 Å². The zero-order chi connectivity index (χ0) is 11.4. The van der Waals surface area contributed by atoms with Crippen LogP contribution in [-0.4, -0.2) is 5.75 Å². The van der Waals surface area contributed by atoms with Crippen molar-refractivity contribution < 1.29 is 4.39 Å². The predicted molar refractivity (Wildman–Crippen MR) is 67.6 cm³/mol. The maximum Gasteiger partial charge on any atom is 0.151 e. The van der Waals surface area contributed by atoms with Crippen LogP contribution in [0, 0.1) is 11.7 Å². The van der Waals surface area contributed by atoms with Crippen LogP contribution in [0.25, 0.3) is 0 Å². The van der Waals surface area contributed by atoms with Gasteiger partial charge in [-0.05, 0) is 33.5 Å². The van der Waals surface area contributed by atoms with Crippen LogP contribution in [0.4, 0.5) is 4.39 Å². The van der Waals surface area contributed by atoms with Crippen LogP contribution in [0.1, 0.15) is 19.4 Å². The Morgan fingerprint density at radius 3 is 2.67 bits per heavy atom. The maximum absolute atomic E-state index is 13.8. The molecule has 4 heteroatoms. The second-order valence-corrected chi connectivity index (χ2v) is 5.61. The first kappa shape index (κ1) is 13.0. The molecule has 0 aliphatic rings. The van der Waals surface area contributed by atoms with E-state index in [1.165, 1.54) is 0 Å². The molecule has 15 heavy (non-hydrogen) atoms. The van der Waals surface area contributed by atoms with E-state index in [0.717, 1.165) is 11.3 Å². The van der Waals surface area contributed by atoms with Gasteiger partial charge in [0.15, 0.2) is 5.82 Å². The highest BCUT2D eigenvalue weighted by atomic mass is 79.9. The molecule has 0 atom stereocenters. The molecule has 0 heterocycles. The van der Waals surface area contributed by atoms with Crippen molar-refractivity contribution in [2.75, 3.05) is 5.75 Å².